The third-order valence-corrected chi connectivity index (χ3v) is 1.74. The van der Waals surface area contributed by atoms with Crippen molar-refractivity contribution in [3.63, 3.8) is 0 Å². The number of alkyl halides is 1. The summed E-state index contributed by atoms with van der Waals surface area (Å²) < 4.78 is 31.0. The van der Waals surface area contributed by atoms with Crippen molar-refractivity contribution in [2.45, 2.75) is 12.6 Å². The molecule has 0 amide bonds. The van der Waals surface area contributed by atoms with Crippen LogP contribution < -0.4 is 0 Å². The van der Waals surface area contributed by atoms with Crippen molar-refractivity contribution in [1.29, 1.82) is 0 Å². The molecule has 0 saturated heterocycles. The summed E-state index contributed by atoms with van der Waals surface area (Å²) in [6, 6.07) is 2.50. The van der Waals surface area contributed by atoms with Crippen LogP contribution in [0.1, 0.15) is 12.5 Å². The summed E-state index contributed by atoms with van der Waals surface area (Å²) in [5.41, 5.74) is -1.43. The zero-order valence-corrected chi connectivity index (χ0v) is 7.55. The highest BCUT2D eigenvalue weighted by molar-refractivity contribution is 5.18. The highest BCUT2D eigenvalue weighted by atomic mass is 19.1. The van der Waals surface area contributed by atoms with Gasteiger partial charge in [-0.05, 0) is 24.6 Å². The molecule has 1 atom stereocenters. The average molecular weight is 187 g/mol. The fourth-order valence-corrected chi connectivity index (χ4v) is 1.08. The van der Waals surface area contributed by atoms with Gasteiger partial charge in [-0.15, -0.1) is 0 Å². The summed E-state index contributed by atoms with van der Waals surface area (Å²) in [5, 5.41) is 0. The fourth-order valence-electron chi connectivity index (χ4n) is 1.08. The number of aromatic nitrogens is 1. The first-order chi connectivity index (χ1) is 6.06. The molecule has 4 heteroatoms. The predicted molar refractivity (Wildman–Crippen MR) is 44.5 cm³/mol. The van der Waals surface area contributed by atoms with E-state index in [2.05, 4.69) is 9.72 Å². The first-order valence-electron chi connectivity index (χ1n) is 3.86. The van der Waals surface area contributed by atoms with E-state index in [-0.39, 0.29) is 12.2 Å². The van der Waals surface area contributed by atoms with Crippen LogP contribution >= 0.6 is 0 Å². The van der Waals surface area contributed by atoms with Crippen molar-refractivity contribution in [2.75, 3.05) is 13.7 Å². The largest absolute Gasteiger partial charge is 0.381 e. The van der Waals surface area contributed by atoms with E-state index in [1.54, 1.807) is 0 Å². The Balaban J connectivity index is 2.93. The molecule has 0 saturated carbocycles. The van der Waals surface area contributed by atoms with Crippen LogP contribution in [0.15, 0.2) is 18.3 Å². The van der Waals surface area contributed by atoms with Crippen molar-refractivity contribution in [3.05, 3.63) is 29.8 Å². The minimum absolute atomic E-state index is 0.101. The Morgan fingerprint density at radius 2 is 2.31 bits per heavy atom. The van der Waals surface area contributed by atoms with Gasteiger partial charge in [0.15, 0.2) is 5.67 Å². The maximum Gasteiger partial charge on any atom is 0.213 e. The Morgan fingerprint density at radius 1 is 1.62 bits per heavy atom. The van der Waals surface area contributed by atoms with E-state index in [1.807, 2.05) is 0 Å². The van der Waals surface area contributed by atoms with Crippen LogP contribution in [0, 0.1) is 5.95 Å². The summed E-state index contributed by atoms with van der Waals surface area (Å²) in [5.74, 6) is -0.683. The van der Waals surface area contributed by atoms with Gasteiger partial charge < -0.3 is 4.74 Å². The Labute approximate surface area is 75.6 Å². The van der Waals surface area contributed by atoms with E-state index in [4.69, 9.17) is 0 Å². The minimum Gasteiger partial charge on any atom is -0.381 e. The van der Waals surface area contributed by atoms with Crippen LogP contribution in [0.5, 0.6) is 0 Å². The van der Waals surface area contributed by atoms with Crippen molar-refractivity contribution < 1.29 is 13.5 Å². The van der Waals surface area contributed by atoms with Crippen LogP contribution in [-0.4, -0.2) is 18.7 Å². The van der Waals surface area contributed by atoms with Crippen molar-refractivity contribution in [3.8, 4) is 0 Å². The number of hydrogen-bond donors (Lipinski definition) is 0. The van der Waals surface area contributed by atoms with Gasteiger partial charge in [-0.3, -0.25) is 0 Å². The molecule has 0 aliphatic heterocycles. The molecule has 1 aromatic rings. The lowest BCUT2D eigenvalue weighted by Gasteiger charge is -2.19. The molecule has 0 aliphatic carbocycles. The predicted octanol–water partition coefficient (Wildman–Crippen LogP) is 2.05. The van der Waals surface area contributed by atoms with E-state index >= 15 is 0 Å². The molecule has 2 nitrogen and oxygen atoms in total. The molecule has 1 rings (SSSR count). The molecule has 1 heterocycles. The highest BCUT2D eigenvalue weighted by Crippen LogP contribution is 2.25. The Bertz CT molecular complexity index is 289. The van der Waals surface area contributed by atoms with Crippen LogP contribution in [0.4, 0.5) is 8.78 Å². The molecule has 1 unspecified atom stereocenters. The lowest BCUT2D eigenvalue weighted by Crippen LogP contribution is -2.22. The third-order valence-electron chi connectivity index (χ3n) is 1.74. The summed E-state index contributed by atoms with van der Waals surface area (Å²) in [6.07, 6.45) is 1.23. The number of hydrogen-bond acceptors (Lipinski definition) is 2. The highest BCUT2D eigenvalue weighted by Gasteiger charge is 2.26. The van der Waals surface area contributed by atoms with Gasteiger partial charge in [0.25, 0.3) is 0 Å². The average Bonchev–Trinajstić information content (AvgIpc) is 2.04. The van der Waals surface area contributed by atoms with Crippen LogP contribution in [0.2, 0.25) is 0 Å². The van der Waals surface area contributed by atoms with Gasteiger partial charge in [-0.2, -0.15) is 4.39 Å². The van der Waals surface area contributed by atoms with Gasteiger partial charge in [0.1, 0.15) is 0 Å². The minimum atomic E-state index is -1.67. The molecule has 0 radical (unpaired) electrons. The van der Waals surface area contributed by atoms with Crippen LogP contribution in [0.3, 0.4) is 0 Å². The molecular formula is C9H11F2NO. The molecule has 0 aliphatic rings. The lowest BCUT2D eigenvalue weighted by molar-refractivity contribution is 0.0524. The third kappa shape index (κ3) is 2.45. The van der Waals surface area contributed by atoms with Crippen molar-refractivity contribution in [1.82, 2.24) is 4.98 Å². The fraction of sp³-hybridized carbons (Fsp3) is 0.444. The SMILES string of the molecule is COCC(C)(F)c1ccnc(F)c1. The molecule has 13 heavy (non-hydrogen) atoms. The first-order valence-corrected chi connectivity index (χ1v) is 3.86. The Kier molecular flexibility index (Phi) is 2.93. The maximum atomic E-state index is 13.7. The Morgan fingerprint density at radius 3 is 2.85 bits per heavy atom. The topological polar surface area (TPSA) is 22.1 Å². The van der Waals surface area contributed by atoms with Crippen LogP contribution in [0.25, 0.3) is 0 Å². The van der Waals surface area contributed by atoms with Gasteiger partial charge in [-0.1, -0.05) is 0 Å². The van der Waals surface area contributed by atoms with E-state index in [0.717, 1.165) is 6.07 Å². The zero-order valence-electron chi connectivity index (χ0n) is 7.55. The number of pyridine rings is 1. The summed E-state index contributed by atoms with van der Waals surface area (Å²) in [7, 11) is 1.40. The zero-order chi connectivity index (χ0) is 9.90. The second-order valence-corrected chi connectivity index (χ2v) is 3.00. The van der Waals surface area contributed by atoms with E-state index in [9.17, 15) is 8.78 Å². The van der Waals surface area contributed by atoms with E-state index < -0.39 is 11.6 Å². The number of methoxy groups -OCH3 is 1. The normalized spacial score (nSPS) is 15.4. The molecule has 0 N–H and O–H groups in total. The second-order valence-electron chi connectivity index (χ2n) is 3.00. The molecule has 1 aromatic heterocycles. The quantitative estimate of drug-likeness (QED) is 0.675. The van der Waals surface area contributed by atoms with Gasteiger partial charge >= 0.3 is 0 Å². The number of ether oxygens (including phenoxy) is 1. The molecule has 0 bridgehead atoms. The lowest BCUT2D eigenvalue weighted by atomic mass is 10.0. The smallest absolute Gasteiger partial charge is 0.213 e. The number of halogens is 2. The maximum absolute atomic E-state index is 13.7. The summed E-state index contributed by atoms with van der Waals surface area (Å²) >= 11 is 0. The van der Waals surface area contributed by atoms with Crippen LogP contribution in [-0.2, 0) is 10.4 Å². The van der Waals surface area contributed by atoms with Gasteiger partial charge in [0.05, 0.1) is 6.61 Å². The van der Waals surface area contributed by atoms with Crippen molar-refractivity contribution in [2.24, 2.45) is 0 Å². The summed E-state index contributed by atoms with van der Waals surface area (Å²) in [6.45, 7) is 1.24. The summed E-state index contributed by atoms with van der Waals surface area (Å²) in [4.78, 5) is 3.34. The van der Waals surface area contributed by atoms with Gasteiger partial charge in [0, 0.05) is 13.3 Å². The second kappa shape index (κ2) is 3.79. The first kappa shape index (κ1) is 10.1. The standard InChI is InChI=1S/C9H11F2NO/c1-9(11,6-13-2)7-3-4-12-8(10)5-7/h3-5H,6H2,1-2H3. The van der Waals surface area contributed by atoms with E-state index in [0.29, 0.717) is 0 Å². The molecule has 72 valence electrons. The number of nitrogens with zero attached hydrogens (tertiary/aromatic N) is 1. The van der Waals surface area contributed by atoms with Gasteiger partial charge in [-0.25, -0.2) is 9.37 Å². The Hall–Kier alpha value is -1.03. The molecule has 0 spiro atoms. The number of rotatable bonds is 3. The molecular weight excluding hydrogens is 176 g/mol. The van der Waals surface area contributed by atoms with Gasteiger partial charge in [0.2, 0.25) is 5.95 Å². The van der Waals surface area contributed by atoms with E-state index in [1.165, 1.54) is 26.3 Å². The molecule has 0 aromatic carbocycles. The van der Waals surface area contributed by atoms with Crippen molar-refractivity contribution >= 4 is 0 Å². The molecule has 0 fully saturated rings. The monoisotopic (exact) mass is 187 g/mol.